The minimum absolute atomic E-state index is 0.281. The van der Waals surface area contributed by atoms with Crippen LogP contribution in [-0.4, -0.2) is 11.2 Å². The maximum Gasteiger partial charge on any atom is 0.418 e. The van der Waals surface area contributed by atoms with Gasteiger partial charge in [-0.3, -0.25) is 4.79 Å². The second kappa shape index (κ2) is 7.04. The molecule has 0 heterocycles. The summed E-state index contributed by atoms with van der Waals surface area (Å²) in [6.07, 6.45) is -4.54. The van der Waals surface area contributed by atoms with Gasteiger partial charge in [0.05, 0.1) is 16.5 Å². The fourth-order valence-corrected chi connectivity index (χ4v) is 2.71. The molecule has 2 rings (SSSR count). The zero-order chi connectivity index (χ0) is 17.0. The first kappa shape index (κ1) is 17.3. The molecular weight excluding hydrogens is 330 g/mol. The first-order valence-corrected chi connectivity index (χ1v) is 7.54. The van der Waals surface area contributed by atoms with Crippen LogP contribution in [0.3, 0.4) is 0 Å². The largest absolute Gasteiger partial charge is 0.418 e. The average Bonchev–Trinajstić information content (AvgIpc) is 2.49. The first-order chi connectivity index (χ1) is 10.8. The molecule has 7 heteroatoms. The van der Waals surface area contributed by atoms with Crippen LogP contribution in [0.25, 0.3) is 0 Å². The van der Waals surface area contributed by atoms with Crippen molar-refractivity contribution in [3.63, 3.8) is 0 Å². The third-order valence-electron chi connectivity index (χ3n) is 2.99. The quantitative estimate of drug-likeness (QED) is 0.628. The van der Waals surface area contributed by atoms with E-state index >= 15 is 0 Å². The van der Waals surface area contributed by atoms with Crippen molar-refractivity contribution < 1.29 is 22.4 Å². The van der Waals surface area contributed by atoms with Gasteiger partial charge in [0.1, 0.15) is 5.82 Å². The van der Waals surface area contributed by atoms with Gasteiger partial charge < -0.3 is 5.32 Å². The summed E-state index contributed by atoms with van der Waals surface area (Å²) in [6, 6.07) is 10.3. The number of benzene rings is 2. The maximum absolute atomic E-state index is 12.9. The van der Waals surface area contributed by atoms with Crippen LogP contribution < -0.4 is 5.32 Å². The predicted molar refractivity (Wildman–Crippen MR) is 81.8 cm³/mol. The Morgan fingerprint density at radius 2 is 1.70 bits per heavy atom. The van der Waals surface area contributed by atoms with Gasteiger partial charge in [0.15, 0.2) is 0 Å². The molecule has 0 unspecified atom stereocenters. The van der Waals surface area contributed by atoms with Crippen molar-refractivity contribution in [2.75, 3.05) is 5.32 Å². The van der Waals surface area contributed by atoms with Crippen molar-refractivity contribution in [3.05, 3.63) is 59.9 Å². The van der Waals surface area contributed by atoms with Crippen LogP contribution in [0, 0.1) is 5.82 Å². The lowest BCUT2D eigenvalue weighted by molar-refractivity contribution is -0.137. The Hall–Kier alpha value is -2.02. The lowest BCUT2D eigenvalue weighted by Crippen LogP contribution is -2.24. The summed E-state index contributed by atoms with van der Waals surface area (Å²) in [5.41, 5.74) is -1.18. The summed E-state index contributed by atoms with van der Waals surface area (Å²) in [7, 11) is 0. The number of carbonyl (C=O) groups excluding carboxylic acids is 1. The van der Waals surface area contributed by atoms with E-state index in [9.17, 15) is 22.4 Å². The third kappa shape index (κ3) is 4.72. The molecule has 1 amide bonds. The maximum atomic E-state index is 12.9. The molecule has 0 spiro atoms. The Morgan fingerprint density at radius 3 is 2.30 bits per heavy atom. The second-order valence-corrected chi connectivity index (χ2v) is 6.16. The molecule has 2 nitrogen and oxygen atoms in total. The van der Waals surface area contributed by atoms with E-state index in [1.807, 2.05) is 0 Å². The van der Waals surface area contributed by atoms with Gasteiger partial charge in [-0.1, -0.05) is 12.1 Å². The molecular formula is C16H13F4NOS. The van der Waals surface area contributed by atoms with Gasteiger partial charge in [-0.05, 0) is 43.3 Å². The molecule has 122 valence electrons. The van der Waals surface area contributed by atoms with Crippen LogP contribution in [0.15, 0.2) is 53.4 Å². The van der Waals surface area contributed by atoms with Crippen LogP contribution in [0.1, 0.15) is 12.5 Å². The molecule has 0 fully saturated rings. The van der Waals surface area contributed by atoms with Gasteiger partial charge in [0.2, 0.25) is 5.91 Å². The van der Waals surface area contributed by atoms with E-state index in [0.717, 1.165) is 17.8 Å². The van der Waals surface area contributed by atoms with Crippen molar-refractivity contribution in [2.24, 2.45) is 0 Å². The highest BCUT2D eigenvalue weighted by Gasteiger charge is 2.33. The van der Waals surface area contributed by atoms with E-state index in [4.69, 9.17) is 0 Å². The Labute approximate surface area is 134 Å². The lowest BCUT2D eigenvalue weighted by Gasteiger charge is -2.16. The van der Waals surface area contributed by atoms with E-state index < -0.39 is 28.7 Å². The summed E-state index contributed by atoms with van der Waals surface area (Å²) < 4.78 is 51.5. The number of anilines is 1. The SMILES string of the molecule is C[C@H](Sc1ccc(F)cc1)C(=O)Nc1ccccc1C(F)(F)F. The number of hydrogen-bond acceptors (Lipinski definition) is 2. The van der Waals surface area contributed by atoms with Crippen LogP contribution in [-0.2, 0) is 11.0 Å². The molecule has 2 aromatic rings. The van der Waals surface area contributed by atoms with E-state index in [1.165, 1.54) is 42.5 Å². The van der Waals surface area contributed by atoms with Crippen molar-refractivity contribution in [1.82, 2.24) is 0 Å². The summed E-state index contributed by atoms with van der Waals surface area (Å²) in [4.78, 5) is 12.7. The fourth-order valence-electron chi connectivity index (χ4n) is 1.84. The standard InChI is InChI=1S/C16H13F4NOS/c1-10(23-12-8-6-11(17)7-9-12)15(22)21-14-5-3-2-4-13(14)16(18,19)20/h2-10H,1H3,(H,21,22)/t10-/m0/s1. The second-order valence-electron chi connectivity index (χ2n) is 4.75. The van der Waals surface area contributed by atoms with Crippen molar-refractivity contribution in [3.8, 4) is 0 Å². The molecule has 0 aliphatic heterocycles. The number of carbonyl (C=O) groups is 1. The van der Waals surface area contributed by atoms with Crippen LogP contribution in [0.4, 0.5) is 23.2 Å². The topological polar surface area (TPSA) is 29.1 Å². The third-order valence-corrected chi connectivity index (χ3v) is 4.10. The minimum Gasteiger partial charge on any atom is -0.325 e. The predicted octanol–water partition coefficient (Wildman–Crippen LogP) is 4.96. The first-order valence-electron chi connectivity index (χ1n) is 6.66. The minimum atomic E-state index is -4.54. The van der Waals surface area contributed by atoms with Gasteiger partial charge in [0, 0.05) is 4.90 Å². The number of hydrogen-bond donors (Lipinski definition) is 1. The number of nitrogens with one attached hydrogen (secondary N) is 1. The highest BCUT2D eigenvalue weighted by atomic mass is 32.2. The van der Waals surface area contributed by atoms with E-state index in [0.29, 0.717) is 4.90 Å². The van der Waals surface area contributed by atoms with Crippen LogP contribution in [0.5, 0.6) is 0 Å². The molecule has 0 bridgehead atoms. The molecule has 2 aromatic carbocycles. The van der Waals surface area contributed by atoms with Crippen molar-refractivity contribution >= 4 is 23.4 Å². The Balaban J connectivity index is 2.08. The summed E-state index contributed by atoms with van der Waals surface area (Å²) in [5, 5.41) is 1.66. The molecule has 0 saturated carbocycles. The lowest BCUT2D eigenvalue weighted by atomic mass is 10.1. The Bertz CT molecular complexity index is 685. The van der Waals surface area contributed by atoms with Gasteiger partial charge >= 0.3 is 6.18 Å². The fraction of sp³-hybridized carbons (Fsp3) is 0.188. The molecule has 0 aliphatic carbocycles. The monoisotopic (exact) mass is 343 g/mol. The zero-order valence-corrected chi connectivity index (χ0v) is 12.8. The zero-order valence-electron chi connectivity index (χ0n) is 12.0. The van der Waals surface area contributed by atoms with E-state index in [-0.39, 0.29) is 5.69 Å². The molecule has 1 atom stereocenters. The normalized spacial score (nSPS) is 12.7. The molecule has 23 heavy (non-hydrogen) atoms. The summed E-state index contributed by atoms with van der Waals surface area (Å²) in [6.45, 7) is 1.57. The smallest absolute Gasteiger partial charge is 0.325 e. The van der Waals surface area contributed by atoms with Crippen molar-refractivity contribution in [1.29, 1.82) is 0 Å². The van der Waals surface area contributed by atoms with E-state index in [1.54, 1.807) is 6.92 Å². The number of halogens is 4. The van der Waals surface area contributed by atoms with Gasteiger partial charge in [0.25, 0.3) is 0 Å². The van der Waals surface area contributed by atoms with Gasteiger partial charge in [-0.25, -0.2) is 4.39 Å². The highest BCUT2D eigenvalue weighted by molar-refractivity contribution is 8.00. The van der Waals surface area contributed by atoms with Crippen LogP contribution in [0.2, 0.25) is 0 Å². The number of thioether (sulfide) groups is 1. The molecule has 0 aliphatic rings. The van der Waals surface area contributed by atoms with Gasteiger partial charge in [-0.2, -0.15) is 13.2 Å². The van der Waals surface area contributed by atoms with Gasteiger partial charge in [-0.15, -0.1) is 11.8 Å². The van der Waals surface area contributed by atoms with E-state index in [2.05, 4.69) is 5.32 Å². The molecule has 0 aromatic heterocycles. The highest BCUT2D eigenvalue weighted by Crippen LogP contribution is 2.35. The summed E-state index contributed by atoms with van der Waals surface area (Å²) >= 11 is 1.13. The summed E-state index contributed by atoms with van der Waals surface area (Å²) in [5.74, 6) is -0.957. The number of alkyl halides is 3. The van der Waals surface area contributed by atoms with Crippen molar-refractivity contribution in [2.45, 2.75) is 23.2 Å². The number of amides is 1. The Kier molecular flexibility index (Phi) is 5.30. The average molecular weight is 343 g/mol. The Morgan fingerprint density at radius 1 is 1.09 bits per heavy atom. The van der Waals surface area contributed by atoms with Crippen LogP contribution >= 0.6 is 11.8 Å². The molecule has 0 saturated heterocycles. The number of rotatable bonds is 4. The molecule has 0 radical (unpaired) electrons. The molecule has 1 N–H and O–H groups in total. The number of para-hydroxylation sites is 1.